The van der Waals surface area contributed by atoms with Crippen molar-refractivity contribution >= 4 is 0 Å². The monoisotopic (exact) mass is 152 g/mol. The lowest BCUT2D eigenvalue weighted by atomic mass is 10.2. The maximum absolute atomic E-state index is 4.98. The molecule has 0 aliphatic rings. The van der Waals surface area contributed by atoms with Crippen molar-refractivity contribution in [2.45, 2.75) is 6.61 Å². The van der Waals surface area contributed by atoms with Crippen molar-refractivity contribution in [3.05, 3.63) is 48.7 Å². The van der Waals surface area contributed by atoms with E-state index in [0.717, 1.165) is 0 Å². The molecule has 0 spiro atoms. The van der Waals surface area contributed by atoms with Gasteiger partial charge in [-0.15, -0.1) is 0 Å². The SMILES string of the molecule is C=COCc1ccccc1.O. The fourth-order valence-electron chi connectivity index (χ4n) is 0.729. The van der Waals surface area contributed by atoms with Gasteiger partial charge in [0, 0.05) is 0 Å². The first kappa shape index (κ1) is 9.72. The second-order valence-electron chi connectivity index (χ2n) is 1.96. The van der Waals surface area contributed by atoms with E-state index in [1.165, 1.54) is 11.8 Å². The third kappa shape index (κ3) is 3.43. The van der Waals surface area contributed by atoms with Gasteiger partial charge in [0.2, 0.25) is 0 Å². The molecule has 1 aromatic rings. The summed E-state index contributed by atoms with van der Waals surface area (Å²) >= 11 is 0. The zero-order valence-corrected chi connectivity index (χ0v) is 6.29. The molecular weight excluding hydrogens is 140 g/mol. The van der Waals surface area contributed by atoms with Gasteiger partial charge in [-0.25, -0.2) is 0 Å². The van der Waals surface area contributed by atoms with E-state index in [4.69, 9.17) is 4.74 Å². The lowest BCUT2D eigenvalue weighted by Crippen LogP contribution is -1.83. The summed E-state index contributed by atoms with van der Waals surface area (Å²) < 4.78 is 4.98. The summed E-state index contributed by atoms with van der Waals surface area (Å²) in [4.78, 5) is 0. The highest BCUT2D eigenvalue weighted by atomic mass is 16.5. The minimum Gasteiger partial charge on any atom is -0.497 e. The zero-order valence-electron chi connectivity index (χ0n) is 6.29. The van der Waals surface area contributed by atoms with Crippen LogP contribution in [0.4, 0.5) is 0 Å². The second kappa shape index (κ2) is 5.50. The van der Waals surface area contributed by atoms with E-state index < -0.39 is 0 Å². The van der Waals surface area contributed by atoms with Crippen LogP contribution < -0.4 is 0 Å². The highest BCUT2D eigenvalue weighted by molar-refractivity contribution is 5.13. The highest BCUT2D eigenvalue weighted by Gasteiger charge is 1.85. The van der Waals surface area contributed by atoms with E-state index in [9.17, 15) is 0 Å². The number of rotatable bonds is 3. The third-order valence-electron chi connectivity index (χ3n) is 1.21. The number of hydrogen-bond acceptors (Lipinski definition) is 1. The molecule has 60 valence electrons. The van der Waals surface area contributed by atoms with Gasteiger partial charge in [0.25, 0.3) is 0 Å². The lowest BCUT2D eigenvalue weighted by molar-refractivity contribution is 0.237. The molecule has 0 atom stereocenters. The largest absolute Gasteiger partial charge is 0.497 e. The average molecular weight is 152 g/mol. The molecule has 0 aromatic heterocycles. The van der Waals surface area contributed by atoms with Gasteiger partial charge < -0.3 is 10.2 Å². The molecular formula is C9H12O2. The van der Waals surface area contributed by atoms with Crippen LogP contribution in [-0.4, -0.2) is 5.48 Å². The van der Waals surface area contributed by atoms with Crippen LogP contribution in [0, 0.1) is 0 Å². The third-order valence-corrected chi connectivity index (χ3v) is 1.21. The Morgan fingerprint density at radius 3 is 2.45 bits per heavy atom. The average Bonchev–Trinajstić information content (AvgIpc) is 2.03. The van der Waals surface area contributed by atoms with Crippen molar-refractivity contribution in [2.75, 3.05) is 0 Å². The first-order chi connectivity index (χ1) is 4.93. The number of ether oxygens (including phenoxy) is 1. The summed E-state index contributed by atoms with van der Waals surface area (Å²) in [5, 5.41) is 0. The van der Waals surface area contributed by atoms with Crippen molar-refractivity contribution in [3.8, 4) is 0 Å². The minimum atomic E-state index is 0. The van der Waals surface area contributed by atoms with Crippen molar-refractivity contribution < 1.29 is 10.2 Å². The molecule has 0 fully saturated rings. The lowest BCUT2D eigenvalue weighted by Gasteiger charge is -1.98. The summed E-state index contributed by atoms with van der Waals surface area (Å²) in [6.07, 6.45) is 1.45. The van der Waals surface area contributed by atoms with E-state index in [1.54, 1.807) is 0 Å². The quantitative estimate of drug-likeness (QED) is 0.605. The zero-order chi connectivity index (χ0) is 7.23. The van der Waals surface area contributed by atoms with Gasteiger partial charge in [-0.1, -0.05) is 36.9 Å². The van der Waals surface area contributed by atoms with Gasteiger partial charge in [-0.2, -0.15) is 0 Å². The van der Waals surface area contributed by atoms with Gasteiger partial charge in [0.1, 0.15) is 6.61 Å². The molecule has 0 aliphatic carbocycles. The summed E-state index contributed by atoms with van der Waals surface area (Å²) in [6.45, 7) is 4.07. The van der Waals surface area contributed by atoms with E-state index in [-0.39, 0.29) is 5.48 Å². The Hall–Kier alpha value is -1.28. The summed E-state index contributed by atoms with van der Waals surface area (Å²) in [7, 11) is 0. The first-order valence-corrected chi connectivity index (χ1v) is 3.20. The van der Waals surface area contributed by atoms with Crippen LogP contribution in [0.2, 0.25) is 0 Å². The first-order valence-electron chi connectivity index (χ1n) is 3.20. The molecule has 2 heteroatoms. The second-order valence-corrected chi connectivity index (χ2v) is 1.96. The van der Waals surface area contributed by atoms with Gasteiger partial charge in [-0.3, -0.25) is 0 Å². The predicted molar refractivity (Wildman–Crippen MR) is 45.0 cm³/mol. The highest BCUT2D eigenvalue weighted by Crippen LogP contribution is 1.99. The molecule has 1 rings (SSSR count). The molecule has 2 nitrogen and oxygen atoms in total. The Kier molecular flexibility index (Phi) is 4.86. The summed E-state index contributed by atoms with van der Waals surface area (Å²) in [6, 6.07) is 9.99. The Bertz CT molecular complexity index is 194. The number of benzene rings is 1. The van der Waals surface area contributed by atoms with Crippen LogP contribution >= 0.6 is 0 Å². The van der Waals surface area contributed by atoms with Crippen molar-refractivity contribution in [2.24, 2.45) is 0 Å². The summed E-state index contributed by atoms with van der Waals surface area (Å²) in [5.74, 6) is 0. The molecule has 0 bridgehead atoms. The smallest absolute Gasteiger partial charge is 0.112 e. The maximum atomic E-state index is 4.98. The number of hydrogen-bond donors (Lipinski definition) is 0. The summed E-state index contributed by atoms with van der Waals surface area (Å²) in [5.41, 5.74) is 1.17. The van der Waals surface area contributed by atoms with Gasteiger partial charge in [0.15, 0.2) is 0 Å². The predicted octanol–water partition coefficient (Wildman–Crippen LogP) is 1.52. The molecule has 1 aromatic carbocycles. The fourth-order valence-corrected chi connectivity index (χ4v) is 0.729. The van der Waals surface area contributed by atoms with E-state index in [0.29, 0.717) is 6.61 Å². The maximum Gasteiger partial charge on any atom is 0.112 e. The molecule has 2 N–H and O–H groups in total. The molecule has 0 saturated heterocycles. The molecule has 0 saturated carbocycles. The van der Waals surface area contributed by atoms with Crippen molar-refractivity contribution in [1.29, 1.82) is 0 Å². The standard InChI is InChI=1S/C9H10O.H2O/c1-2-10-8-9-6-4-3-5-7-9;/h2-7H,1,8H2;1H2. The van der Waals surface area contributed by atoms with Crippen LogP contribution in [0.3, 0.4) is 0 Å². The van der Waals surface area contributed by atoms with Crippen LogP contribution in [0.15, 0.2) is 43.2 Å². The van der Waals surface area contributed by atoms with Crippen LogP contribution in [0.5, 0.6) is 0 Å². The Morgan fingerprint density at radius 1 is 1.27 bits per heavy atom. The Morgan fingerprint density at radius 2 is 1.91 bits per heavy atom. The Balaban J connectivity index is 0.000001000. The van der Waals surface area contributed by atoms with Gasteiger partial charge in [-0.05, 0) is 5.56 Å². The minimum absolute atomic E-state index is 0. The van der Waals surface area contributed by atoms with E-state index in [2.05, 4.69) is 6.58 Å². The normalized spacial score (nSPS) is 8.00. The van der Waals surface area contributed by atoms with Crippen LogP contribution in [0.25, 0.3) is 0 Å². The molecule has 11 heavy (non-hydrogen) atoms. The van der Waals surface area contributed by atoms with E-state index >= 15 is 0 Å². The molecule has 0 radical (unpaired) electrons. The van der Waals surface area contributed by atoms with Crippen LogP contribution in [-0.2, 0) is 11.3 Å². The Labute approximate surface area is 66.4 Å². The topological polar surface area (TPSA) is 40.7 Å². The molecule has 0 unspecified atom stereocenters. The fraction of sp³-hybridized carbons (Fsp3) is 0.111. The van der Waals surface area contributed by atoms with Crippen LogP contribution in [0.1, 0.15) is 5.56 Å². The molecule has 0 heterocycles. The van der Waals surface area contributed by atoms with Gasteiger partial charge >= 0.3 is 0 Å². The van der Waals surface area contributed by atoms with Crippen molar-refractivity contribution in [1.82, 2.24) is 0 Å². The molecule has 0 aliphatic heterocycles. The van der Waals surface area contributed by atoms with Crippen molar-refractivity contribution in [3.63, 3.8) is 0 Å². The molecule has 0 amide bonds. The van der Waals surface area contributed by atoms with Gasteiger partial charge in [0.05, 0.1) is 6.26 Å². The van der Waals surface area contributed by atoms with E-state index in [1.807, 2.05) is 30.3 Å².